The number of nitrogens with zero attached hydrogens (tertiary/aromatic N) is 3. The SMILES string of the molecule is O=C(c1ccnnc1)N1CC[C@]2(C[C@@H](OCC3CCOCC3)CO2)C1. The van der Waals surface area contributed by atoms with Gasteiger partial charge in [0.2, 0.25) is 0 Å². The number of hydrogen-bond acceptors (Lipinski definition) is 6. The predicted molar refractivity (Wildman–Crippen MR) is 89.1 cm³/mol. The van der Waals surface area contributed by atoms with E-state index in [0.29, 0.717) is 31.2 Å². The quantitative estimate of drug-likeness (QED) is 0.817. The van der Waals surface area contributed by atoms with Crippen molar-refractivity contribution in [2.75, 3.05) is 39.5 Å². The van der Waals surface area contributed by atoms with E-state index in [9.17, 15) is 4.79 Å². The molecule has 7 nitrogen and oxygen atoms in total. The molecule has 3 aliphatic heterocycles. The van der Waals surface area contributed by atoms with Gasteiger partial charge < -0.3 is 19.1 Å². The van der Waals surface area contributed by atoms with Crippen LogP contribution >= 0.6 is 0 Å². The zero-order valence-electron chi connectivity index (χ0n) is 14.4. The number of carbonyl (C=O) groups excluding carboxylic acids is 1. The second-order valence-corrected chi connectivity index (χ2v) is 7.32. The molecular weight excluding hydrogens is 322 g/mol. The van der Waals surface area contributed by atoms with Gasteiger partial charge in [0.25, 0.3) is 5.91 Å². The first-order valence-electron chi connectivity index (χ1n) is 9.13. The maximum absolute atomic E-state index is 12.6. The molecule has 0 aromatic carbocycles. The minimum atomic E-state index is -0.240. The van der Waals surface area contributed by atoms with Crippen molar-refractivity contribution in [2.24, 2.45) is 5.92 Å². The van der Waals surface area contributed by atoms with Crippen molar-refractivity contribution in [2.45, 2.75) is 37.4 Å². The van der Waals surface area contributed by atoms with Gasteiger partial charge in [-0.05, 0) is 31.2 Å². The van der Waals surface area contributed by atoms with E-state index in [4.69, 9.17) is 14.2 Å². The van der Waals surface area contributed by atoms with E-state index in [0.717, 1.165) is 45.5 Å². The van der Waals surface area contributed by atoms with Gasteiger partial charge in [0.15, 0.2) is 0 Å². The third-order valence-corrected chi connectivity index (χ3v) is 5.52. The predicted octanol–water partition coefficient (Wildman–Crippen LogP) is 1.29. The maximum atomic E-state index is 12.6. The molecule has 3 aliphatic rings. The van der Waals surface area contributed by atoms with Crippen LogP contribution in [0, 0.1) is 5.92 Å². The van der Waals surface area contributed by atoms with Crippen molar-refractivity contribution >= 4 is 5.91 Å². The highest BCUT2D eigenvalue weighted by atomic mass is 16.6. The van der Waals surface area contributed by atoms with Crippen LogP contribution < -0.4 is 0 Å². The van der Waals surface area contributed by atoms with E-state index in [1.807, 2.05) is 4.90 Å². The monoisotopic (exact) mass is 347 g/mol. The lowest BCUT2D eigenvalue weighted by atomic mass is 9.98. The van der Waals surface area contributed by atoms with Crippen LogP contribution in [0.2, 0.25) is 0 Å². The number of hydrogen-bond donors (Lipinski definition) is 0. The van der Waals surface area contributed by atoms with Gasteiger partial charge in [-0.15, -0.1) is 0 Å². The summed E-state index contributed by atoms with van der Waals surface area (Å²) >= 11 is 0. The minimum Gasteiger partial charge on any atom is -0.381 e. The van der Waals surface area contributed by atoms with Gasteiger partial charge in [0, 0.05) is 26.2 Å². The van der Waals surface area contributed by atoms with Gasteiger partial charge >= 0.3 is 0 Å². The second-order valence-electron chi connectivity index (χ2n) is 7.32. The average molecular weight is 347 g/mol. The number of ether oxygens (including phenoxy) is 3. The lowest BCUT2D eigenvalue weighted by Gasteiger charge is -2.24. The third kappa shape index (κ3) is 3.83. The molecule has 0 aliphatic carbocycles. The Hall–Kier alpha value is -1.57. The van der Waals surface area contributed by atoms with Crippen LogP contribution in [0.4, 0.5) is 0 Å². The van der Waals surface area contributed by atoms with Gasteiger partial charge in [-0.1, -0.05) is 0 Å². The Balaban J connectivity index is 1.28. The van der Waals surface area contributed by atoms with Crippen molar-refractivity contribution in [3.05, 3.63) is 24.0 Å². The Kier molecular flexibility index (Phi) is 4.96. The molecule has 25 heavy (non-hydrogen) atoms. The van der Waals surface area contributed by atoms with Gasteiger partial charge in [0.1, 0.15) is 0 Å². The summed E-state index contributed by atoms with van der Waals surface area (Å²) in [6.07, 6.45) is 7.11. The molecule has 1 amide bonds. The number of aromatic nitrogens is 2. The summed E-state index contributed by atoms with van der Waals surface area (Å²) in [6.45, 7) is 4.46. The fourth-order valence-electron chi connectivity index (χ4n) is 4.00. The van der Waals surface area contributed by atoms with Crippen molar-refractivity contribution in [1.82, 2.24) is 15.1 Å². The van der Waals surface area contributed by atoms with Crippen molar-refractivity contribution in [3.63, 3.8) is 0 Å². The Bertz CT molecular complexity index is 593. The molecule has 0 radical (unpaired) electrons. The highest BCUT2D eigenvalue weighted by Crippen LogP contribution is 2.37. The molecule has 0 unspecified atom stereocenters. The molecule has 136 valence electrons. The Labute approximate surface area is 147 Å². The molecule has 2 atom stereocenters. The summed E-state index contributed by atoms with van der Waals surface area (Å²) in [7, 11) is 0. The van der Waals surface area contributed by atoms with E-state index < -0.39 is 0 Å². The summed E-state index contributed by atoms with van der Waals surface area (Å²) in [5.74, 6) is 0.605. The Morgan fingerprint density at radius 2 is 2.24 bits per heavy atom. The molecule has 4 heterocycles. The van der Waals surface area contributed by atoms with Gasteiger partial charge in [0.05, 0.1) is 49.4 Å². The highest BCUT2D eigenvalue weighted by molar-refractivity contribution is 5.94. The van der Waals surface area contributed by atoms with Gasteiger partial charge in [-0.2, -0.15) is 10.2 Å². The molecule has 1 aromatic rings. The Morgan fingerprint density at radius 3 is 3.04 bits per heavy atom. The van der Waals surface area contributed by atoms with E-state index in [2.05, 4.69) is 10.2 Å². The minimum absolute atomic E-state index is 0.00180. The summed E-state index contributed by atoms with van der Waals surface area (Å²) < 4.78 is 17.6. The lowest BCUT2D eigenvalue weighted by Crippen LogP contribution is -2.36. The van der Waals surface area contributed by atoms with Crippen LogP contribution in [0.5, 0.6) is 0 Å². The first kappa shape index (κ1) is 16.9. The first-order valence-corrected chi connectivity index (χ1v) is 9.13. The summed E-state index contributed by atoms with van der Waals surface area (Å²) in [5.41, 5.74) is 0.341. The Morgan fingerprint density at radius 1 is 1.36 bits per heavy atom. The summed E-state index contributed by atoms with van der Waals surface area (Å²) in [4.78, 5) is 14.4. The molecule has 3 saturated heterocycles. The van der Waals surface area contributed by atoms with E-state index in [-0.39, 0.29) is 17.6 Å². The van der Waals surface area contributed by atoms with E-state index in [1.54, 1.807) is 12.3 Å². The molecule has 0 N–H and O–H groups in total. The lowest BCUT2D eigenvalue weighted by molar-refractivity contribution is -0.0186. The normalized spacial score (nSPS) is 30.2. The third-order valence-electron chi connectivity index (χ3n) is 5.52. The van der Waals surface area contributed by atoms with Gasteiger partial charge in [-0.25, -0.2) is 0 Å². The zero-order valence-corrected chi connectivity index (χ0v) is 14.4. The van der Waals surface area contributed by atoms with Crippen molar-refractivity contribution < 1.29 is 19.0 Å². The topological polar surface area (TPSA) is 73.8 Å². The summed E-state index contributed by atoms with van der Waals surface area (Å²) in [6, 6.07) is 1.70. The van der Waals surface area contributed by atoms with Gasteiger partial charge in [-0.3, -0.25) is 4.79 Å². The van der Waals surface area contributed by atoms with E-state index in [1.165, 1.54) is 6.20 Å². The van der Waals surface area contributed by atoms with Crippen LogP contribution in [0.15, 0.2) is 18.5 Å². The molecule has 1 aromatic heterocycles. The molecule has 0 saturated carbocycles. The second kappa shape index (κ2) is 7.35. The smallest absolute Gasteiger partial charge is 0.255 e. The fraction of sp³-hybridized carbons (Fsp3) is 0.722. The number of rotatable bonds is 4. The number of likely N-dealkylation sites (tertiary alicyclic amines) is 1. The summed E-state index contributed by atoms with van der Waals surface area (Å²) in [5, 5.41) is 7.51. The standard InChI is InChI=1S/C18H25N3O4/c22-17(15-1-5-19-20-10-15)21-6-4-18(13-21)9-16(12-25-18)24-11-14-2-7-23-8-3-14/h1,5,10,14,16H,2-4,6-9,11-13H2/t16-,18+/m1/s1. The zero-order chi connectivity index (χ0) is 17.1. The molecule has 3 fully saturated rings. The number of amides is 1. The fourth-order valence-corrected chi connectivity index (χ4v) is 4.00. The largest absolute Gasteiger partial charge is 0.381 e. The molecule has 7 heteroatoms. The molecule has 0 bridgehead atoms. The van der Waals surface area contributed by atoms with Crippen molar-refractivity contribution in [3.8, 4) is 0 Å². The molecule has 4 rings (SSSR count). The molecule has 1 spiro atoms. The van der Waals surface area contributed by atoms with Crippen LogP contribution in [-0.4, -0.2) is 72.2 Å². The first-order chi connectivity index (χ1) is 12.2. The average Bonchev–Trinajstić information content (AvgIpc) is 3.28. The highest BCUT2D eigenvalue weighted by Gasteiger charge is 2.47. The molecular formula is C18H25N3O4. The van der Waals surface area contributed by atoms with Crippen LogP contribution in [0.25, 0.3) is 0 Å². The number of carbonyl (C=O) groups is 1. The van der Waals surface area contributed by atoms with Crippen LogP contribution in [0.1, 0.15) is 36.0 Å². The van der Waals surface area contributed by atoms with E-state index >= 15 is 0 Å². The van der Waals surface area contributed by atoms with Crippen LogP contribution in [-0.2, 0) is 14.2 Å². The van der Waals surface area contributed by atoms with Crippen molar-refractivity contribution in [1.29, 1.82) is 0 Å². The van der Waals surface area contributed by atoms with Crippen LogP contribution in [0.3, 0.4) is 0 Å². The maximum Gasteiger partial charge on any atom is 0.255 e.